The molecule has 2 N–H and O–H groups in total. The van der Waals surface area contributed by atoms with Crippen LogP contribution in [0.5, 0.6) is 0 Å². The third-order valence-corrected chi connectivity index (χ3v) is 2.87. The summed E-state index contributed by atoms with van der Waals surface area (Å²) in [5.74, 6) is 0.899. The molecule has 1 atom stereocenters. The van der Waals surface area contributed by atoms with Gasteiger partial charge >= 0.3 is 0 Å². The molecule has 1 aliphatic heterocycles. The lowest BCUT2D eigenvalue weighted by Gasteiger charge is -2.01. The molecule has 2 aromatic rings. The van der Waals surface area contributed by atoms with Crippen LogP contribution in [0, 0.1) is 0 Å². The van der Waals surface area contributed by atoms with E-state index in [9.17, 15) is 4.79 Å². The highest BCUT2D eigenvalue weighted by molar-refractivity contribution is 5.50. The zero-order valence-electron chi connectivity index (χ0n) is 9.14. The molecule has 6 heteroatoms. The highest BCUT2D eigenvalue weighted by Gasteiger charge is 2.22. The Morgan fingerprint density at radius 3 is 3.18 bits per heavy atom. The lowest BCUT2D eigenvalue weighted by atomic mass is 10.2. The van der Waals surface area contributed by atoms with Gasteiger partial charge in [-0.05, 0) is 19.4 Å². The lowest BCUT2D eigenvalue weighted by Crippen LogP contribution is -2.14. The zero-order chi connectivity index (χ0) is 11.7. The molecule has 1 saturated heterocycles. The predicted octanol–water partition coefficient (Wildman–Crippen LogP) is 0.849. The molecule has 0 aromatic carbocycles. The fourth-order valence-electron chi connectivity index (χ4n) is 1.97. The Morgan fingerprint density at radius 1 is 1.47 bits per heavy atom. The summed E-state index contributed by atoms with van der Waals surface area (Å²) < 4.78 is 5.12. The Morgan fingerprint density at radius 2 is 2.41 bits per heavy atom. The van der Waals surface area contributed by atoms with E-state index in [1.165, 1.54) is 6.07 Å². The molecular weight excluding hydrogens is 220 g/mol. The predicted molar refractivity (Wildman–Crippen MR) is 60.3 cm³/mol. The van der Waals surface area contributed by atoms with Crippen LogP contribution in [0.15, 0.2) is 27.8 Å². The number of H-pyrrole nitrogens is 1. The van der Waals surface area contributed by atoms with Gasteiger partial charge < -0.3 is 14.8 Å². The summed E-state index contributed by atoms with van der Waals surface area (Å²) in [4.78, 5) is 18.7. The molecule has 0 spiro atoms. The van der Waals surface area contributed by atoms with Crippen molar-refractivity contribution in [3.8, 4) is 11.5 Å². The Kier molecular flexibility index (Phi) is 2.49. The second-order valence-electron chi connectivity index (χ2n) is 4.03. The number of nitrogens with zero attached hydrogens (tertiary/aromatic N) is 2. The maximum atomic E-state index is 11.6. The van der Waals surface area contributed by atoms with Crippen LogP contribution in [0.1, 0.15) is 24.7 Å². The van der Waals surface area contributed by atoms with Gasteiger partial charge in [-0.1, -0.05) is 5.16 Å². The third kappa shape index (κ3) is 1.87. The minimum absolute atomic E-state index is 0.127. The van der Waals surface area contributed by atoms with E-state index in [-0.39, 0.29) is 17.4 Å². The van der Waals surface area contributed by atoms with Crippen molar-refractivity contribution < 1.29 is 4.52 Å². The van der Waals surface area contributed by atoms with Gasteiger partial charge in [0.2, 0.25) is 0 Å². The average molecular weight is 232 g/mol. The standard InChI is InChI=1S/C11H12N4O2/c16-9-3-5-12-6-7(9)11-14-10(15-17-11)8-2-1-4-13-8/h3,5-6,8,13H,1-2,4H2,(H,12,16). The molecule has 6 nitrogen and oxygen atoms in total. The van der Waals surface area contributed by atoms with E-state index in [0.29, 0.717) is 11.4 Å². The summed E-state index contributed by atoms with van der Waals surface area (Å²) in [6.45, 7) is 0.973. The maximum Gasteiger partial charge on any atom is 0.263 e. The molecule has 3 heterocycles. The third-order valence-electron chi connectivity index (χ3n) is 2.87. The van der Waals surface area contributed by atoms with E-state index >= 15 is 0 Å². The first kappa shape index (κ1) is 10.2. The van der Waals surface area contributed by atoms with Crippen LogP contribution in [-0.4, -0.2) is 21.7 Å². The van der Waals surface area contributed by atoms with E-state index in [1.54, 1.807) is 12.4 Å². The fourth-order valence-corrected chi connectivity index (χ4v) is 1.97. The van der Waals surface area contributed by atoms with Gasteiger partial charge in [0, 0.05) is 18.5 Å². The van der Waals surface area contributed by atoms with Crippen molar-refractivity contribution in [3.05, 3.63) is 34.5 Å². The molecule has 88 valence electrons. The highest BCUT2D eigenvalue weighted by atomic mass is 16.5. The van der Waals surface area contributed by atoms with Crippen LogP contribution < -0.4 is 10.7 Å². The van der Waals surface area contributed by atoms with Gasteiger partial charge in [-0.2, -0.15) is 4.98 Å². The van der Waals surface area contributed by atoms with Crippen molar-refractivity contribution in [2.24, 2.45) is 0 Å². The summed E-state index contributed by atoms with van der Waals surface area (Å²) in [5.41, 5.74) is 0.280. The zero-order valence-corrected chi connectivity index (χ0v) is 9.14. The molecule has 0 bridgehead atoms. The molecule has 1 aliphatic rings. The van der Waals surface area contributed by atoms with Gasteiger partial charge in [0.15, 0.2) is 11.3 Å². The number of pyridine rings is 1. The summed E-state index contributed by atoms with van der Waals surface area (Å²) in [7, 11) is 0. The van der Waals surface area contributed by atoms with Crippen molar-refractivity contribution in [1.29, 1.82) is 0 Å². The molecule has 0 radical (unpaired) electrons. The van der Waals surface area contributed by atoms with Gasteiger partial charge in [-0.3, -0.25) is 4.79 Å². The van der Waals surface area contributed by atoms with Gasteiger partial charge in [0.05, 0.1) is 6.04 Å². The van der Waals surface area contributed by atoms with Crippen LogP contribution in [0.4, 0.5) is 0 Å². The second kappa shape index (κ2) is 4.14. The molecular formula is C11H12N4O2. The number of nitrogens with one attached hydrogen (secondary N) is 2. The van der Waals surface area contributed by atoms with Gasteiger partial charge in [-0.15, -0.1) is 0 Å². The second-order valence-corrected chi connectivity index (χ2v) is 4.03. The number of hydrogen-bond acceptors (Lipinski definition) is 5. The topological polar surface area (TPSA) is 83.8 Å². The largest absolute Gasteiger partial charge is 0.367 e. The smallest absolute Gasteiger partial charge is 0.263 e. The minimum atomic E-state index is -0.127. The van der Waals surface area contributed by atoms with Crippen LogP contribution in [-0.2, 0) is 0 Å². The molecule has 1 unspecified atom stereocenters. The van der Waals surface area contributed by atoms with Crippen molar-refractivity contribution in [2.75, 3.05) is 6.54 Å². The number of hydrogen-bond donors (Lipinski definition) is 2. The molecule has 17 heavy (non-hydrogen) atoms. The van der Waals surface area contributed by atoms with Crippen molar-refractivity contribution in [1.82, 2.24) is 20.4 Å². The highest BCUT2D eigenvalue weighted by Crippen LogP contribution is 2.22. The Bertz CT molecular complexity index is 569. The average Bonchev–Trinajstić information content (AvgIpc) is 3.00. The van der Waals surface area contributed by atoms with Crippen LogP contribution in [0.2, 0.25) is 0 Å². The maximum absolute atomic E-state index is 11.6. The monoisotopic (exact) mass is 232 g/mol. The number of rotatable bonds is 2. The molecule has 0 aliphatic carbocycles. The van der Waals surface area contributed by atoms with Crippen molar-refractivity contribution in [3.63, 3.8) is 0 Å². The van der Waals surface area contributed by atoms with E-state index in [2.05, 4.69) is 20.4 Å². The van der Waals surface area contributed by atoms with Gasteiger partial charge in [-0.25, -0.2) is 0 Å². The quantitative estimate of drug-likeness (QED) is 0.801. The molecule has 2 aromatic heterocycles. The van der Waals surface area contributed by atoms with E-state index in [4.69, 9.17) is 4.52 Å². The Labute approximate surface area is 97.1 Å². The SMILES string of the molecule is O=c1cc[nH]cc1-c1nc(C2CCCN2)no1. The van der Waals surface area contributed by atoms with E-state index in [0.717, 1.165) is 19.4 Å². The summed E-state index contributed by atoms with van der Waals surface area (Å²) in [5, 5.41) is 7.20. The van der Waals surface area contributed by atoms with Crippen LogP contribution >= 0.6 is 0 Å². The van der Waals surface area contributed by atoms with Crippen LogP contribution in [0.25, 0.3) is 11.5 Å². The molecule has 0 amide bonds. The normalized spacial score (nSPS) is 19.6. The lowest BCUT2D eigenvalue weighted by molar-refractivity contribution is 0.412. The Hall–Kier alpha value is -1.95. The van der Waals surface area contributed by atoms with E-state index in [1.807, 2.05) is 0 Å². The first-order valence-corrected chi connectivity index (χ1v) is 5.59. The van der Waals surface area contributed by atoms with Crippen LogP contribution in [0.3, 0.4) is 0 Å². The number of aromatic amines is 1. The van der Waals surface area contributed by atoms with Crippen molar-refractivity contribution in [2.45, 2.75) is 18.9 Å². The summed E-state index contributed by atoms with van der Waals surface area (Å²) in [6.07, 6.45) is 5.26. The molecule has 0 saturated carbocycles. The number of aromatic nitrogens is 3. The summed E-state index contributed by atoms with van der Waals surface area (Å²) in [6, 6.07) is 1.59. The minimum Gasteiger partial charge on any atom is -0.367 e. The van der Waals surface area contributed by atoms with E-state index < -0.39 is 0 Å². The Balaban J connectivity index is 1.95. The van der Waals surface area contributed by atoms with Gasteiger partial charge in [0.1, 0.15) is 5.56 Å². The first-order chi connectivity index (χ1) is 8.34. The summed E-state index contributed by atoms with van der Waals surface area (Å²) >= 11 is 0. The van der Waals surface area contributed by atoms with Gasteiger partial charge in [0.25, 0.3) is 5.89 Å². The van der Waals surface area contributed by atoms with Crippen molar-refractivity contribution >= 4 is 0 Å². The molecule has 1 fully saturated rings. The molecule has 3 rings (SSSR count). The first-order valence-electron chi connectivity index (χ1n) is 5.59. The fraction of sp³-hybridized carbons (Fsp3) is 0.364.